The second-order valence-electron chi connectivity index (χ2n) is 8.97. The number of hydrogen-bond acceptors (Lipinski definition) is 6. The Labute approximate surface area is 217 Å². The number of carbonyl (C=O) groups is 4. The van der Waals surface area contributed by atoms with Crippen LogP contribution in [-0.2, 0) is 30.3 Å². The van der Waals surface area contributed by atoms with Gasteiger partial charge in [0, 0.05) is 21.7 Å². The monoisotopic (exact) mass is 596 g/mol. The smallest absolute Gasteiger partial charge is 0.355 e. The summed E-state index contributed by atoms with van der Waals surface area (Å²) in [7, 11) is 0. The van der Waals surface area contributed by atoms with Crippen LogP contribution in [0.3, 0.4) is 0 Å². The number of Topliss-reactive ketones (excluding diaryl/α,β-unsaturated/α-hetero) is 1. The van der Waals surface area contributed by atoms with Crippen LogP contribution in [0.5, 0.6) is 0 Å². The maximum Gasteiger partial charge on any atom is 0.355 e. The number of benzene rings is 1. The molecule has 1 aromatic rings. The third-order valence-electron chi connectivity index (χ3n) is 6.55. The lowest BCUT2D eigenvalue weighted by Crippen LogP contribution is -2.71. The number of β-lactam (4-membered cyclic amide) rings is 1. The summed E-state index contributed by atoms with van der Waals surface area (Å²) in [4.78, 5) is 53.4. The van der Waals surface area contributed by atoms with Crippen molar-refractivity contribution in [2.75, 3.05) is 16.8 Å². The number of ketones is 1. The fraction of sp³-hybridized carbons (Fsp3) is 0.520. The molecule has 0 spiro atoms. The average molecular weight is 596 g/mol. The van der Waals surface area contributed by atoms with Gasteiger partial charge >= 0.3 is 5.97 Å². The molecule has 9 heteroatoms. The van der Waals surface area contributed by atoms with Crippen molar-refractivity contribution in [3.8, 4) is 0 Å². The molecule has 2 aliphatic heterocycles. The summed E-state index contributed by atoms with van der Waals surface area (Å²) in [6.07, 6.45) is 4.94. The third-order valence-corrected chi connectivity index (χ3v) is 8.27. The second kappa shape index (κ2) is 11.2. The zero-order valence-electron chi connectivity index (χ0n) is 19.2. The lowest BCUT2D eigenvalue weighted by molar-refractivity contribution is -0.152. The zero-order valence-corrected chi connectivity index (χ0v) is 22.2. The van der Waals surface area contributed by atoms with Crippen LogP contribution < -0.4 is 5.32 Å². The molecule has 1 aliphatic carbocycles. The first-order chi connectivity index (χ1) is 16.4. The first kappa shape index (κ1) is 25.2. The molecule has 3 aliphatic rings. The molecular weight excluding hydrogens is 567 g/mol. The van der Waals surface area contributed by atoms with Gasteiger partial charge in [-0.15, -0.1) is 11.8 Å². The molecule has 2 fully saturated rings. The molecule has 0 aromatic heterocycles. The molecule has 1 aromatic carbocycles. The number of alkyl halides is 1. The quantitative estimate of drug-likeness (QED) is 0.214. The summed E-state index contributed by atoms with van der Waals surface area (Å²) in [5, 5.41) is 2.41. The van der Waals surface area contributed by atoms with Crippen molar-refractivity contribution in [2.24, 2.45) is 5.92 Å². The van der Waals surface area contributed by atoms with E-state index in [0.29, 0.717) is 15.8 Å². The minimum atomic E-state index is -0.721. The molecular formula is C25H29IN2O5S. The van der Waals surface area contributed by atoms with E-state index in [1.54, 1.807) is 0 Å². The van der Waals surface area contributed by atoms with E-state index >= 15 is 0 Å². The molecule has 182 valence electrons. The molecule has 1 N–H and O–H groups in total. The van der Waals surface area contributed by atoms with Crippen LogP contribution >= 0.6 is 34.4 Å². The van der Waals surface area contributed by atoms with Crippen molar-refractivity contribution < 1.29 is 23.9 Å². The van der Waals surface area contributed by atoms with E-state index in [1.807, 2.05) is 31.2 Å². The van der Waals surface area contributed by atoms with Gasteiger partial charge in [-0.25, -0.2) is 4.79 Å². The van der Waals surface area contributed by atoms with E-state index in [-0.39, 0.29) is 42.2 Å². The van der Waals surface area contributed by atoms with E-state index in [2.05, 4.69) is 27.9 Å². The van der Waals surface area contributed by atoms with Gasteiger partial charge in [0.25, 0.3) is 5.91 Å². The molecule has 4 rings (SSSR count). The predicted octanol–water partition coefficient (Wildman–Crippen LogP) is 3.32. The first-order valence-electron chi connectivity index (χ1n) is 11.7. The number of fused-ring (bicyclic) bond motifs is 1. The number of carbonyl (C=O) groups excluding carboxylic acids is 4. The van der Waals surface area contributed by atoms with E-state index in [9.17, 15) is 19.2 Å². The molecule has 2 heterocycles. The Morgan fingerprint density at radius 1 is 1.15 bits per heavy atom. The second-order valence-corrected chi connectivity index (χ2v) is 11.2. The van der Waals surface area contributed by atoms with Crippen molar-refractivity contribution in [1.82, 2.24) is 10.2 Å². The van der Waals surface area contributed by atoms with E-state index in [1.165, 1.54) is 16.7 Å². The zero-order chi connectivity index (χ0) is 24.2. The van der Waals surface area contributed by atoms with Gasteiger partial charge in [0.1, 0.15) is 23.7 Å². The van der Waals surface area contributed by atoms with Crippen molar-refractivity contribution in [2.45, 2.75) is 56.9 Å². The van der Waals surface area contributed by atoms with Gasteiger partial charge in [-0.3, -0.25) is 19.3 Å². The number of rotatable bonds is 8. The summed E-state index contributed by atoms with van der Waals surface area (Å²) in [6.45, 7) is 2.19. The Bertz CT molecular complexity index is 1000. The van der Waals surface area contributed by atoms with Crippen LogP contribution in [0, 0.1) is 12.8 Å². The standard InChI is InChI=1S/C25H29IN2O5S/c1-15-7-9-16(10-8-15)13-19(29)27-20-23(31)28-21(25(32)33-12-11-26)18(14-34-24(20)28)22(30)17-5-3-2-4-6-17/h7-10,17,20,24H,2-6,11-14H2,1H3,(H,27,29)/t20?,24-/m0/s1. The predicted molar refractivity (Wildman–Crippen MR) is 138 cm³/mol. The lowest BCUT2D eigenvalue weighted by atomic mass is 9.83. The van der Waals surface area contributed by atoms with Crippen LogP contribution in [0.15, 0.2) is 35.5 Å². The minimum absolute atomic E-state index is 0.0354. The summed E-state index contributed by atoms with van der Waals surface area (Å²) in [5.41, 5.74) is 2.45. The van der Waals surface area contributed by atoms with E-state index < -0.39 is 17.4 Å². The highest BCUT2D eigenvalue weighted by Gasteiger charge is 2.55. The molecule has 0 radical (unpaired) electrons. The topological polar surface area (TPSA) is 92.8 Å². The van der Waals surface area contributed by atoms with Crippen LogP contribution in [0.25, 0.3) is 0 Å². The fourth-order valence-electron chi connectivity index (χ4n) is 4.72. The van der Waals surface area contributed by atoms with Gasteiger partial charge in [-0.2, -0.15) is 0 Å². The number of ether oxygens (including phenoxy) is 1. The summed E-state index contributed by atoms with van der Waals surface area (Å²) in [6, 6.07) is 6.96. The van der Waals surface area contributed by atoms with Crippen molar-refractivity contribution in [3.05, 3.63) is 46.7 Å². The molecule has 1 saturated carbocycles. The van der Waals surface area contributed by atoms with E-state index in [4.69, 9.17) is 4.74 Å². The van der Waals surface area contributed by atoms with Crippen LogP contribution in [0.2, 0.25) is 0 Å². The lowest BCUT2D eigenvalue weighted by Gasteiger charge is -2.49. The number of aryl methyl sites for hydroxylation is 1. The summed E-state index contributed by atoms with van der Waals surface area (Å²) in [5.74, 6) is -1.04. The number of esters is 1. The van der Waals surface area contributed by atoms with Crippen molar-refractivity contribution in [3.63, 3.8) is 0 Å². The molecule has 7 nitrogen and oxygen atoms in total. The maximum absolute atomic E-state index is 13.3. The molecule has 1 saturated heterocycles. The highest BCUT2D eigenvalue weighted by Crippen LogP contribution is 2.42. The van der Waals surface area contributed by atoms with Gasteiger partial charge in [-0.1, -0.05) is 71.7 Å². The van der Waals surface area contributed by atoms with Gasteiger partial charge in [0.2, 0.25) is 5.91 Å². The van der Waals surface area contributed by atoms with Gasteiger partial charge < -0.3 is 10.1 Å². The van der Waals surface area contributed by atoms with Crippen LogP contribution in [-0.4, -0.2) is 56.7 Å². The third kappa shape index (κ3) is 5.35. The van der Waals surface area contributed by atoms with Gasteiger partial charge in [0.05, 0.1) is 6.42 Å². The number of nitrogens with one attached hydrogen (secondary N) is 1. The van der Waals surface area contributed by atoms with Crippen molar-refractivity contribution >= 4 is 57.9 Å². The average Bonchev–Trinajstić information content (AvgIpc) is 2.86. The van der Waals surface area contributed by atoms with Crippen LogP contribution in [0.1, 0.15) is 43.2 Å². The minimum Gasteiger partial charge on any atom is -0.460 e. The van der Waals surface area contributed by atoms with Gasteiger partial charge in [0.15, 0.2) is 5.78 Å². The summed E-state index contributed by atoms with van der Waals surface area (Å²) < 4.78 is 5.97. The number of hydrogen-bond donors (Lipinski definition) is 1. The molecule has 0 bridgehead atoms. The number of thioether (sulfide) groups is 1. The normalized spacial score (nSPS) is 22.6. The Hall–Kier alpha value is -1.88. The number of amides is 2. The van der Waals surface area contributed by atoms with Crippen LogP contribution in [0.4, 0.5) is 0 Å². The highest BCUT2D eigenvalue weighted by atomic mass is 127. The van der Waals surface area contributed by atoms with E-state index in [0.717, 1.165) is 43.2 Å². The first-order valence-corrected chi connectivity index (χ1v) is 14.3. The van der Waals surface area contributed by atoms with Crippen molar-refractivity contribution in [1.29, 1.82) is 0 Å². The molecule has 34 heavy (non-hydrogen) atoms. The largest absolute Gasteiger partial charge is 0.460 e. The summed E-state index contributed by atoms with van der Waals surface area (Å²) >= 11 is 3.53. The Balaban J connectivity index is 1.50. The Morgan fingerprint density at radius 3 is 2.53 bits per heavy atom. The Morgan fingerprint density at radius 2 is 1.85 bits per heavy atom. The maximum atomic E-state index is 13.3. The molecule has 2 atom stereocenters. The SMILES string of the molecule is Cc1ccc(CC(=O)NC2C(=O)N3C(C(=O)OCCI)=C(C(=O)C4CCCCC4)CS[C@@H]23)cc1. The number of halogens is 1. The number of nitrogens with zero attached hydrogens (tertiary/aromatic N) is 1. The highest BCUT2D eigenvalue weighted by molar-refractivity contribution is 14.1. The fourth-order valence-corrected chi connectivity index (χ4v) is 6.30. The molecule has 1 unspecified atom stereocenters. The molecule has 2 amide bonds. The van der Waals surface area contributed by atoms with Gasteiger partial charge in [-0.05, 0) is 25.3 Å². The Kier molecular flexibility index (Phi) is 8.34.